The van der Waals surface area contributed by atoms with Crippen molar-refractivity contribution in [3.63, 3.8) is 0 Å². The number of aromatic amines is 1. The van der Waals surface area contributed by atoms with Crippen LogP contribution in [0.1, 0.15) is 15.9 Å². The number of pyridine rings is 1. The third-order valence-electron chi connectivity index (χ3n) is 4.83. The number of aromatic nitrogens is 1. The second-order valence-electron chi connectivity index (χ2n) is 7.37. The summed E-state index contributed by atoms with van der Waals surface area (Å²) in [6.07, 6.45) is 0. The lowest BCUT2D eigenvalue weighted by Crippen LogP contribution is -2.18. The van der Waals surface area contributed by atoms with Gasteiger partial charge >= 0.3 is 0 Å². The first kappa shape index (κ1) is 19.7. The van der Waals surface area contributed by atoms with E-state index in [0.29, 0.717) is 17.7 Å². The van der Waals surface area contributed by atoms with Gasteiger partial charge in [0.25, 0.3) is 5.91 Å². The standard InChI is InChI=1S/C23H19F2N3O2/c1-28(2)12-13-5-3-4-6-19(13)27-23(30)18-11-15(25)10-17-21(18)26-20-8-7-14(24)9-16(20)22(17)29/h3-11H,12H2,1-2H3,(H,26,29)(H,27,30). The summed E-state index contributed by atoms with van der Waals surface area (Å²) in [7, 11) is 3.83. The van der Waals surface area contributed by atoms with Crippen LogP contribution in [-0.4, -0.2) is 29.9 Å². The average molecular weight is 407 g/mol. The van der Waals surface area contributed by atoms with E-state index in [4.69, 9.17) is 0 Å². The molecule has 5 nitrogen and oxygen atoms in total. The molecule has 0 aliphatic heterocycles. The zero-order chi connectivity index (χ0) is 21.4. The summed E-state index contributed by atoms with van der Waals surface area (Å²) in [6, 6.07) is 13.2. The molecule has 1 amide bonds. The predicted molar refractivity (Wildman–Crippen MR) is 114 cm³/mol. The Bertz CT molecular complexity index is 1350. The molecule has 2 N–H and O–H groups in total. The van der Waals surface area contributed by atoms with E-state index in [-0.39, 0.29) is 21.9 Å². The van der Waals surface area contributed by atoms with Gasteiger partial charge in [-0.15, -0.1) is 0 Å². The minimum Gasteiger partial charge on any atom is -0.354 e. The molecule has 152 valence electrons. The number of benzene rings is 3. The largest absolute Gasteiger partial charge is 0.354 e. The van der Waals surface area contributed by atoms with Gasteiger partial charge in [-0.2, -0.15) is 0 Å². The van der Waals surface area contributed by atoms with Crippen LogP contribution in [0.3, 0.4) is 0 Å². The van der Waals surface area contributed by atoms with E-state index in [1.165, 1.54) is 12.1 Å². The number of carbonyl (C=O) groups is 1. The second-order valence-corrected chi connectivity index (χ2v) is 7.37. The number of rotatable bonds is 4. The first-order chi connectivity index (χ1) is 14.3. The molecule has 1 aromatic heterocycles. The van der Waals surface area contributed by atoms with Crippen LogP contribution >= 0.6 is 0 Å². The summed E-state index contributed by atoms with van der Waals surface area (Å²) in [5.41, 5.74) is 1.50. The monoisotopic (exact) mass is 407 g/mol. The molecule has 0 saturated heterocycles. The molecule has 4 aromatic rings. The molecule has 0 aliphatic rings. The predicted octanol–water partition coefficient (Wildman–Crippen LogP) is 4.27. The summed E-state index contributed by atoms with van der Waals surface area (Å²) >= 11 is 0. The van der Waals surface area contributed by atoms with Gasteiger partial charge in [0.05, 0.1) is 11.1 Å². The zero-order valence-electron chi connectivity index (χ0n) is 16.4. The number of para-hydroxylation sites is 1. The summed E-state index contributed by atoms with van der Waals surface area (Å²) in [5, 5.41) is 2.89. The van der Waals surface area contributed by atoms with E-state index in [9.17, 15) is 18.4 Å². The first-order valence-electron chi connectivity index (χ1n) is 9.32. The van der Waals surface area contributed by atoms with Crippen LogP contribution in [0.15, 0.2) is 59.4 Å². The molecule has 0 aliphatic carbocycles. The normalized spacial score (nSPS) is 11.4. The maximum atomic E-state index is 14.3. The van der Waals surface area contributed by atoms with Crippen LogP contribution in [0.25, 0.3) is 21.8 Å². The molecule has 30 heavy (non-hydrogen) atoms. The van der Waals surface area contributed by atoms with Gasteiger partial charge in [0.2, 0.25) is 0 Å². The molecular formula is C23H19F2N3O2. The molecule has 7 heteroatoms. The van der Waals surface area contributed by atoms with Crippen LogP contribution < -0.4 is 10.7 Å². The van der Waals surface area contributed by atoms with Crippen LogP contribution in [0.5, 0.6) is 0 Å². The fraction of sp³-hybridized carbons (Fsp3) is 0.130. The van der Waals surface area contributed by atoms with Gasteiger partial charge < -0.3 is 15.2 Å². The van der Waals surface area contributed by atoms with Gasteiger partial charge in [-0.25, -0.2) is 8.78 Å². The van der Waals surface area contributed by atoms with Crippen molar-refractivity contribution >= 4 is 33.4 Å². The lowest BCUT2D eigenvalue weighted by molar-refractivity contribution is 0.102. The average Bonchev–Trinajstić information content (AvgIpc) is 2.70. The van der Waals surface area contributed by atoms with Gasteiger partial charge in [0.15, 0.2) is 5.43 Å². The number of amides is 1. The maximum absolute atomic E-state index is 14.3. The van der Waals surface area contributed by atoms with Crippen LogP contribution in [0.4, 0.5) is 14.5 Å². The Labute approximate surface area is 170 Å². The lowest BCUT2D eigenvalue weighted by atomic mass is 10.0. The fourth-order valence-electron chi connectivity index (χ4n) is 3.50. The van der Waals surface area contributed by atoms with Crippen LogP contribution in [-0.2, 0) is 6.54 Å². The number of nitrogens with one attached hydrogen (secondary N) is 2. The minimum absolute atomic E-state index is 0.00650. The van der Waals surface area contributed by atoms with Crippen molar-refractivity contribution in [1.82, 2.24) is 9.88 Å². The summed E-state index contributed by atoms with van der Waals surface area (Å²) in [4.78, 5) is 30.8. The third-order valence-corrected chi connectivity index (χ3v) is 4.83. The third kappa shape index (κ3) is 3.67. The molecule has 0 saturated carbocycles. The summed E-state index contributed by atoms with van der Waals surface area (Å²) in [5.74, 6) is -1.85. The highest BCUT2D eigenvalue weighted by Crippen LogP contribution is 2.23. The Morgan fingerprint density at radius 3 is 2.50 bits per heavy atom. The van der Waals surface area contributed by atoms with Crippen molar-refractivity contribution in [2.75, 3.05) is 19.4 Å². The Morgan fingerprint density at radius 1 is 1.00 bits per heavy atom. The van der Waals surface area contributed by atoms with Gasteiger partial charge in [-0.1, -0.05) is 18.2 Å². The van der Waals surface area contributed by atoms with E-state index < -0.39 is 23.0 Å². The van der Waals surface area contributed by atoms with Crippen LogP contribution in [0, 0.1) is 11.6 Å². The quantitative estimate of drug-likeness (QED) is 0.497. The summed E-state index contributed by atoms with van der Waals surface area (Å²) < 4.78 is 27.9. The highest BCUT2D eigenvalue weighted by Gasteiger charge is 2.18. The van der Waals surface area contributed by atoms with E-state index >= 15 is 0 Å². The molecule has 0 bridgehead atoms. The molecule has 1 heterocycles. The van der Waals surface area contributed by atoms with Crippen molar-refractivity contribution in [3.8, 4) is 0 Å². The number of carbonyl (C=O) groups excluding carboxylic acids is 1. The number of H-pyrrole nitrogens is 1. The number of nitrogens with zero attached hydrogens (tertiary/aromatic N) is 1. The van der Waals surface area contributed by atoms with Crippen molar-refractivity contribution < 1.29 is 13.6 Å². The van der Waals surface area contributed by atoms with E-state index in [0.717, 1.165) is 23.8 Å². The second kappa shape index (κ2) is 7.68. The first-order valence-corrected chi connectivity index (χ1v) is 9.32. The van der Waals surface area contributed by atoms with Gasteiger partial charge in [-0.05, 0) is 56.1 Å². The number of halogens is 2. The molecule has 4 rings (SSSR count). The van der Waals surface area contributed by atoms with Crippen molar-refractivity contribution in [2.45, 2.75) is 6.54 Å². The Morgan fingerprint density at radius 2 is 1.73 bits per heavy atom. The number of fused-ring (bicyclic) bond motifs is 2. The molecule has 0 fully saturated rings. The SMILES string of the molecule is CN(C)Cc1ccccc1NC(=O)c1cc(F)cc2c(=O)c3cc(F)ccc3[nH]c12. The number of anilines is 1. The lowest BCUT2D eigenvalue weighted by Gasteiger charge is -2.15. The minimum atomic E-state index is -0.726. The summed E-state index contributed by atoms with van der Waals surface area (Å²) in [6.45, 7) is 0.605. The maximum Gasteiger partial charge on any atom is 0.257 e. The molecule has 0 spiro atoms. The molecule has 3 aromatic carbocycles. The fourth-order valence-corrected chi connectivity index (χ4v) is 3.50. The van der Waals surface area contributed by atoms with Gasteiger partial charge in [0, 0.05) is 28.5 Å². The van der Waals surface area contributed by atoms with E-state index in [2.05, 4.69) is 10.3 Å². The van der Waals surface area contributed by atoms with Gasteiger partial charge in [0.1, 0.15) is 11.6 Å². The topological polar surface area (TPSA) is 65.2 Å². The molecule has 0 radical (unpaired) electrons. The zero-order valence-corrected chi connectivity index (χ0v) is 16.4. The number of hydrogen-bond donors (Lipinski definition) is 2. The Kier molecular flexibility index (Phi) is 5.05. The van der Waals surface area contributed by atoms with Crippen molar-refractivity contribution in [3.05, 3.63) is 87.6 Å². The van der Waals surface area contributed by atoms with Crippen molar-refractivity contribution in [2.24, 2.45) is 0 Å². The molecular weight excluding hydrogens is 388 g/mol. The Balaban J connectivity index is 1.85. The van der Waals surface area contributed by atoms with E-state index in [1.54, 1.807) is 12.1 Å². The number of hydrogen-bond acceptors (Lipinski definition) is 3. The Hall–Kier alpha value is -3.58. The highest BCUT2D eigenvalue weighted by atomic mass is 19.1. The van der Waals surface area contributed by atoms with Crippen molar-refractivity contribution in [1.29, 1.82) is 0 Å². The van der Waals surface area contributed by atoms with Gasteiger partial charge in [-0.3, -0.25) is 9.59 Å². The molecule has 0 unspecified atom stereocenters. The highest BCUT2D eigenvalue weighted by molar-refractivity contribution is 6.13. The van der Waals surface area contributed by atoms with E-state index in [1.807, 2.05) is 31.1 Å². The smallest absolute Gasteiger partial charge is 0.257 e. The molecule has 0 atom stereocenters. The van der Waals surface area contributed by atoms with Crippen LogP contribution in [0.2, 0.25) is 0 Å².